The highest BCUT2D eigenvalue weighted by atomic mass is 32.2. The summed E-state index contributed by atoms with van der Waals surface area (Å²) >= 11 is 3.84. The van der Waals surface area contributed by atoms with E-state index in [1.54, 1.807) is 12.1 Å². The molecule has 0 atom stereocenters. The maximum Gasteiger partial charge on any atom is 0.338 e. The normalized spacial score (nSPS) is 14.0. The molecule has 1 aliphatic heterocycles. The van der Waals surface area contributed by atoms with Crippen molar-refractivity contribution in [2.24, 2.45) is 0 Å². The van der Waals surface area contributed by atoms with E-state index in [-0.39, 0.29) is 12.5 Å². The second-order valence-electron chi connectivity index (χ2n) is 7.25. The molecule has 1 amide bonds. The molecule has 0 unspecified atom stereocenters. The SMILES string of the molecule is CCN(c1ccc(NC(=O)COC(=O)c2ccc(C3SCCS3)cc2)cc1)C(C)C. The lowest BCUT2D eigenvalue weighted by atomic mass is 10.1. The number of carbonyl (C=O) groups excluding carboxylic acids is 2. The van der Waals surface area contributed by atoms with Gasteiger partial charge < -0.3 is 15.0 Å². The second-order valence-corrected chi connectivity index (χ2v) is 9.97. The molecule has 0 aromatic heterocycles. The molecule has 30 heavy (non-hydrogen) atoms. The number of esters is 1. The zero-order valence-corrected chi connectivity index (χ0v) is 19.2. The number of nitrogens with zero attached hydrogens (tertiary/aromatic N) is 1. The lowest BCUT2D eigenvalue weighted by Gasteiger charge is -2.27. The Balaban J connectivity index is 1.48. The maximum absolute atomic E-state index is 12.2. The Morgan fingerprint density at radius 2 is 1.70 bits per heavy atom. The topological polar surface area (TPSA) is 58.6 Å². The summed E-state index contributed by atoms with van der Waals surface area (Å²) in [5.41, 5.74) is 3.45. The predicted molar refractivity (Wildman–Crippen MR) is 128 cm³/mol. The first-order valence-electron chi connectivity index (χ1n) is 10.1. The van der Waals surface area contributed by atoms with Crippen LogP contribution in [0.5, 0.6) is 0 Å². The minimum absolute atomic E-state index is 0.316. The molecular formula is C23H28N2O3S2. The first-order chi connectivity index (χ1) is 14.5. The molecule has 160 valence electrons. The fourth-order valence-electron chi connectivity index (χ4n) is 3.32. The van der Waals surface area contributed by atoms with E-state index >= 15 is 0 Å². The van der Waals surface area contributed by atoms with Gasteiger partial charge in [0.2, 0.25) is 0 Å². The highest BCUT2D eigenvalue weighted by molar-refractivity contribution is 8.19. The number of benzene rings is 2. The summed E-state index contributed by atoms with van der Waals surface area (Å²) in [5, 5.41) is 2.77. The molecule has 0 radical (unpaired) electrons. The van der Waals surface area contributed by atoms with Crippen LogP contribution in [0.4, 0.5) is 11.4 Å². The molecule has 1 heterocycles. The van der Waals surface area contributed by atoms with Crippen LogP contribution in [0.15, 0.2) is 48.5 Å². The number of hydrogen-bond acceptors (Lipinski definition) is 6. The number of ether oxygens (including phenoxy) is 1. The monoisotopic (exact) mass is 444 g/mol. The van der Waals surface area contributed by atoms with Gasteiger partial charge in [-0.3, -0.25) is 4.79 Å². The fourth-order valence-corrected chi connectivity index (χ4v) is 6.18. The highest BCUT2D eigenvalue weighted by Crippen LogP contribution is 2.45. The minimum Gasteiger partial charge on any atom is -0.452 e. The molecular weight excluding hydrogens is 416 g/mol. The molecule has 1 aliphatic rings. The first-order valence-corrected chi connectivity index (χ1v) is 12.2. The van der Waals surface area contributed by atoms with Crippen molar-refractivity contribution in [3.63, 3.8) is 0 Å². The van der Waals surface area contributed by atoms with Crippen LogP contribution >= 0.6 is 23.5 Å². The number of nitrogens with one attached hydrogen (secondary N) is 1. The number of amides is 1. The van der Waals surface area contributed by atoms with E-state index in [1.165, 1.54) is 5.56 Å². The van der Waals surface area contributed by atoms with Gasteiger partial charge in [-0.25, -0.2) is 4.79 Å². The summed E-state index contributed by atoms with van der Waals surface area (Å²) in [6.07, 6.45) is 0. The minimum atomic E-state index is -0.491. The molecule has 3 rings (SSSR count). The summed E-state index contributed by atoms with van der Waals surface area (Å²) in [5.74, 6) is 1.47. The second kappa shape index (κ2) is 10.8. The Morgan fingerprint density at radius 3 is 2.27 bits per heavy atom. The third kappa shape index (κ3) is 5.95. The largest absolute Gasteiger partial charge is 0.452 e. The summed E-state index contributed by atoms with van der Waals surface area (Å²) in [6, 6.07) is 15.5. The van der Waals surface area contributed by atoms with Crippen LogP contribution in [0.1, 0.15) is 41.3 Å². The van der Waals surface area contributed by atoms with Crippen LogP contribution < -0.4 is 10.2 Å². The van der Waals surface area contributed by atoms with Crippen molar-refractivity contribution in [3.8, 4) is 0 Å². The summed E-state index contributed by atoms with van der Waals surface area (Å²) in [7, 11) is 0. The third-order valence-electron chi connectivity index (χ3n) is 4.82. The van der Waals surface area contributed by atoms with E-state index in [4.69, 9.17) is 4.74 Å². The van der Waals surface area contributed by atoms with Crippen molar-refractivity contribution >= 4 is 46.8 Å². The van der Waals surface area contributed by atoms with Gasteiger partial charge in [-0.15, -0.1) is 23.5 Å². The van der Waals surface area contributed by atoms with Gasteiger partial charge in [0, 0.05) is 35.5 Å². The lowest BCUT2D eigenvalue weighted by Crippen LogP contribution is -2.30. The van der Waals surface area contributed by atoms with Crippen LogP contribution in [-0.4, -0.2) is 42.6 Å². The zero-order chi connectivity index (χ0) is 21.5. The molecule has 1 fully saturated rings. The Kier molecular flexibility index (Phi) is 8.10. The van der Waals surface area contributed by atoms with Gasteiger partial charge >= 0.3 is 5.97 Å². The van der Waals surface area contributed by atoms with E-state index < -0.39 is 5.97 Å². The average Bonchev–Trinajstić information content (AvgIpc) is 3.28. The molecule has 2 aromatic carbocycles. The van der Waals surface area contributed by atoms with Crippen LogP contribution in [0.2, 0.25) is 0 Å². The van der Waals surface area contributed by atoms with Crippen LogP contribution in [0.25, 0.3) is 0 Å². The molecule has 0 aliphatic carbocycles. The van der Waals surface area contributed by atoms with Gasteiger partial charge in [0.05, 0.1) is 10.1 Å². The number of carbonyl (C=O) groups is 2. The Bertz CT molecular complexity index is 848. The Morgan fingerprint density at radius 1 is 1.07 bits per heavy atom. The van der Waals surface area contributed by atoms with Crippen molar-refractivity contribution in [2.75, 3.05) is 34.9 Å². The van der Waals surface area contributed by atoms with E-state index in [0.717, 1.165) is 23.7 Å². The van der Waals surface area contributed by atoms with E-state index in [1.807, 2.05) is 59.9 Å². The van der Waals surface area contributed by atoms with Gasteiger partial charge in [-0.2, -0.15) is 0 Å². The van der Waals surface area contributed by atoms with Crippen LogP contribution in [0, 0.1) is 0 Å². The van der Waals surface area contributed by atoms with Crippen molar-refractivity contribution in [3.05, 3.63) is 59.7 Å². The molecule has 0 spiro atoms. The average molecular weight is 445 g/mol. The predicted octanol–water partition coefficient (Wildman–Crippen LogP) is 5.20. The quantitative estimate of drug-likeness (QED) is 0.565. The van der Waals surface area contributed by atoms with Crippen molar-refractivity contribution in [2.45, 2.75) is 31.4 Å². The van der Waals surface area contributed by atoms with Crippen molar-refractivity contribution in [1.29, 1.82) is 0 Å². The fraction of sp³-hybridized carbons (Fsp3) is 0.391. The molecule has 0 saturated carbocycles. The first kappa shape index (κ1) is 22.6. The molecule has 2 aromatic rings. The van der Waals surface area contributed by atoms with Gasteiger partial charge in [0.25, 0.3) is 5.91 Å². The number of rotatable bonds is 8. The Hall–Kier alpha value is -2.12. The molecule has 1 N–H and O–H groups in total. The van der Waals surface area contributed by atoms with Gasteiger partial charge in [0.15, 0.2) is 6.61 Å². The van der Waals surface area contributed by atoms with Gasteiger partial charge in [0.1, 0.15) is 0 Å². The van der Waals surface area contributed by atoms with Crippen molar-refractivity contribution in [1.82, 2.24) is 0 Å². The summed E-state index contributed by atoms with van der Waals surface area (Å²) in [4.78, 5) is 26.7. The van der Waals surface area contributed by atoms with E-state index in [9.17, 15) is 9.59 Å². The molecule has 7 heteroatoms. The molecule has 1 saturated heterocycles. The van der Waals surface area contributed by atoms with Gasteiger partial charge in [-0.1, -0.05) is 12.1 Å². The smallest absolute Gasteiger partial charge is 0.338 e. The van der Waals surface area contributed by atoms with Crippen LogP contribution in [0.3, 0.4) is 0 Å². The standard InChI is InChI=1S/C23H28N2O3S2/c1-4-25(16(2)3)20-11-9-19(10-12-20)24-21(26)15-28-22(27)17-5-7-18(8-6-17)23-29-13-14-30-23/h5-12,16,23H,4,13-15H2,1-3H3,(H,24,26). The summed E-state index contributed by atoms with van der Waals surface area (Å²) < 4.78 is 5.61. The van der Waals surface area contributed by atoms with Crippen LogP contribution in [-0.2, 0) is 9.53 Å². The zero-order valence-electron chi connectivity index (χ0n) is 17.6. The van der Waals surface area contributed by atoms with Crippen molar-refractivity contribution < 1.29 is 14.3 Å². The number of thioether (sulfide) groups is 2. The maximum atomic E-state index is 12.2. The molecule has 5 nitrogen and oxygen atoms in total. The Labute approximate surface area is 186 Å². The van der Waals surface area contributed by atoms with E-state index in [0.29, 0.717) is 21.9 Å². The summed E-state index contributed by atoms with van der Waals surface area (Å²) in [6.45, 7) is 7.01. The number of hydrogen-bond donors (Lipinski definition) is 1. The third-order valence-corrected chi connectivity index (χ3v) is 7.93. The highest BCUT2D eigenvalue weighted by Gasteiger charge is 2.19. The van der Waals surface area contributed by atoms with E-state index in [2.05, 4.69) is 31.0 Å². The number of anilines is 2. The van der Waals surface area contributed by atoms with Gasteiger partial charge in [-0.05, 0) is 62.7 Å². The lowest BCUT2D eigenvalue weighted by molar-refractivity contribution is -0.119. The molecule has 0 bridgehead atoms.